The van der Waals surface area contributed by atoms with E-state index in [2.05, 4.69) is 18.3 Å². The van der Waals surface area contributed by atoms with E-state index in [1.54, 1.807) is 0 Å². The summed E-state index contributed by atoms with van der Waals surface area (Å²) in [5.74, 6) is 2.05. The Bertz CT molecular complexity index is 321. The van der Waals surface area contributed by atoms with Crippen LogP contribution in [-0.2, 0) is 0 Å². The molecular weight excluding hydrogens is 192 g/mol. The van der Waals surface area contributed by atoms with Gasteiger partial charge in [0.2, 0.25) is 0 Å². The second-order valence-electron chi connectivity index (χ2n) is 3.81. The molecule has 14 heavy (non-hydrogen) atoms. The summed E-state index contributed by atoms with van der Waals surface area (Å²) >= 11 is 1.93. The van der Waals surface area contributed by atoms with Crippen molar-refractivity contribution in [3.8, 4) is 0 Å². The molecule has 0 amide bonds. The smallest absolute Gasteiger partial charge is 0.0354 e. The molecule has 0 saturated carbocycles. The van der Waals surface area contributed by atoms with Gasteiger partial charge < -0.3 is 11.1 Å². The van der Waals surface area contributed by atoms with Crippen molar-refractivity contribution in [3.05, 3.63) is 23.8 Å². The van der Waals surface area contributed by atoms with Crippen LogP contribution in [0.3, 0.4) is 0 Å². The highest BCUT2D eigenvalue weighted by Crippen LogP contribution is 2.28. The molecule has 0 spiro atoms. The third-order valence-electron chi connectivity index (χ3n) is 2.67. The molecule has 76 valence electrons. The SMILES string of the molecule is Cc1c(N)cccc1SCC1CNC1. The number of nitrogen functional groups attached to an aromatic ring is 1. The van der Waals surface area contributed by atoms with Crippen LogP contribution in [0.2, 0.25) is 0 Å². The fourth-order valence-corrected chi connectivity index (χ4v) is 2.62. The molecule has 1 saturated heterocycles. The predicted molar refractivity (Wildman–Crippen MR) is 62.7 cm³/mol. The van der Waals surface area contributed by atoms with E-state index in [0.29, 0.717) is 0 Å². The number of hydrogen-bond acceptors (Lipinski definition) is 3. The summed E-state index contributed by atoms with van der Waals surface area (Å²) in [5.41, 5.74) is 7.98. The molecule has 1 aliphatic heterocycles. The number of nitrogens with one attached hydrogen (secondary N) is 1. The van der Waals surface area contributed by atoms with Gasteiger partial charge in [0, 0.05) is 16.3 Å². The van der Waals surface area contributed by atoms with Crippen molar-refractivity contribution < 1.29 is 0 Å². The van der Waals surface area contributed by atoms with Gasteiger partial charge in [-0.3, -0.25) is 0 Å². The van der Waals surface area contributed by atoms with Crippen molar-refractivity contribution >= 4 is 17.4 Å². The maximum Gasteiger partial charge on any atom is 0.0354 e. The predicted octanol–water partition coefficient (Wildman–Crippen LogP) is 1.89. The molecule has 1 fully saturated rings. The summed E-state index contributed by atoms with van der Waals surface area (Å²) in [7, 11) is 0. The van der Waals surface area contributed by atoms with Crippen LogP contribution in [0.4, 0.5) is 5.69 Å². The average Bonchev–Trinajstić information content (AvgIpc) is 2.09. The lowest BCUT2D eigenvalue weighted by molar-refractivity contribution is 0.385. The van der Waals surface area contributed by atoms with Crippen molar-refractivity contribution in [2.45, 2.75) is 11.8 Å². The molecule has 0 aromatic heterocycles. The van der Waals surface area contributed by atoms with E-state index in [9.17, 15) is 0 Å². The van der Waals surface area contributed by atoms with Crippen LogP contribution in [0.25, 0.3) is 0 Å². The first-order chi connectivity index (χ1) is 6.77. The lowest BCUT2D eigenvalue weighted by Crippen LogP contribution is -2.43. The number of nitrogens with two attached hydrogens (primary N) is 1. The third-order valence-corrected chi connectivity index (χ3v) is 4.06. The molecule has 0 bridgehead atoms. The van der Waals surface area contributed by atoms with E-state index in [1.807, 2.05) is 23.9 Å². The number of hydrogen-bond donors (Lipinski definition) is 2. The maximum atomic E-state index is 5.85. The van der Waals surface area contributed by atoms with Crippen LogP contribution < -0.4 is 11.1 Å². The van der Waals surface area contributed by atoms with E-state index in [0.717, 1.165) is 11.6 Å². The van der Waals surface area contributed by atoms with Gasteiger partial charge in [-0.15, -0.1) is 11.8 Å². The highest BCUT2D eigenvalue weighted by molar-refractivity contribution is 7.99. The zero-order valence-corrected chi connectivity index (χ0v) is 9.23. The molecule has 0 unspecified atom stereocenters. The molecule has 0 atom stereocenters. The lowest BCUT2D eigenvalue weighted by Gasteiger charge is -2.26. The Kier molecular flexibility index (Phi) is 2.99. The second-order valence-corrected chi connectivity index (χ2v) is 4.87. The first kappa shape index (κ1) is 9.87. The fraction of sp³-hybridized carbons (Fsp3) is 0.455. The van der Waals surface area contributed by atoms with Crippen molar-refractivity contribution in [3.63, 3.8) is 0 Å². The molecule has 2 nitrogen and oxygen atoms in total. The van der Waals surface area contributed by atoms with Crippen LogP contribution in [0.1, 0.15) is 5.56 Å². The lowest BCUT2D eigenvalue weighted by atomic mass is 10.1. The largest absolute Gasteiger partial charge is 0.398 e. The highest BCUT2D eigenvalue weighted by atomic mass is 32.2. The summed E-state index contributed by atoms with van der Waals surface area (Å²) in [5, 5.41) is 3.29. The van der Waals surface area contributed by atoms with Crippen LogP contribution in [-0.4, -0.2) is 18.8 Å². The van der Waals surface area contributed by atoms with Gasteiger partial charge in [0.1, 0.15) is 0 Å². The van der Waals surface area contributed by atoms with Crippen molar-refractivity contribution in [2.24, 2.45) is 5.92 Å². The van der Waals surface area contributed by atoms with Gasteiger partial charge in [-0.05, 0) is 43.6 Å². The van der Waals surface area contributed by atoms with Crippen molar-refractivity contribution in [2.75, 3.05) is 24.6 Å². The van der Waals surface area contributed by atoms with Gasteiger partial charge >= 0.3 is 0 Å². The molecule has 1 heterocycles. The van der Waals surface area contributed by atoms with Crippen molar-refractivity contribution in [1.82, 2.24) is 5.32 Å². The molecule has 2 rings (SSSR count). The third kappa shape index (κ3) is 2.04. The van der Waals surface area contributed by atoms with Gasteiger partial charge in [0.25, 0.3) is 0 Å². The molecular formula is C11H16N2S. The van der Waals surface area contributed by atoms with Gasteiger partial charge in [-0.2, -0.15) is 0 Å². The number of benzene rings is 1. The summed E-state index contributed by atoms with van der Waals surface area (Å²) in [6.07, 6.45) is 0. The Morgan fingerprint density at radius 1 is 1.50 bits per heavy atom. The first-order valence-electron chi connectivity index (χ1n) is 4.96. The molecule has 0 aliphatic carbocycles. The zero-order valence-electron chi connectivity index (χ0n) is 8.42. The van der Waals surface area contributed by atoms with E-state index < -0.39 is 0 Å². The molecule has 1 aliphatic rings. The number of thioether (sulfide) groups is 1. The maximum absolute atomic E-state index is 5.85. The van der Waals surface area contributed by atoms with E-state index in [1.165, 1.54) is 29.3 Å². The molecule has 1 aromatic carbocycles. The Hall–Kier alpha value is -0.670. The minimum absolute atomic E-state index is 0.848. The first-order valence-corrected chi connectivity index (χ1v) is 5.94. The standard InChI is InChI=1S/C11H16N2S/c1-8-10(12)3-2-4-11(8)14-7-9-5-13-6-9/h2-4,9,13H,5-7,12H2,1H3. The summed E-state index contributed by atoms with van der Waals surface area (Å²) in [6.45, 7) is 4.44. The number of anilines is 1. The Morgan fingerprint density at radius 3 is 2.93 bits per heavy atom. The van der Waals surface area contributed by atoms with E-state index >= 15 is 0 Å². The molecule has 3 N–H and O–H groups in total. The zero-order chi connectivity index (χ0) is 9.97. The molecule has 0 radical (unpaired) electrons. The minimum Gasteiger partial charge on any atom is -0.398 e. The van der Waals surface area contributed by atoms with E-state index in [-0.39, 0.29) is 0 Å². The van der Waals surface area contributed by atoms with Crippen LogP contribution >= 0.6 is 11.8 Å². The van der Waals surface area contributed by atoms with Gasteiger partial charge in [0.15, 0.2) is 0 Å². The summed E-state index contributed by atoms with van der Waals surface area (Å²) < 4.78 is 0. The molecule has 1 aromatic rings. The quantitative estimate of drug-likeness (QED) is 0.588. The van der Waals surface area contributed by atoms with Crippen LogP contribution in [0, 0.1) is 12.8 Å². The second kappa shape index (κ2) is 4.24. The van der Waals surface area contributed by atoms with Gasteiger partial charge in [-0.25, -0.2) is 0 Å². The Balaban J connectivity index is 1.97. The minimum atomic E-state index is 0.848. The Morgan fingerprint density at radius 2 is 2.29 bits per heavy atom. The Labute approximate surface area is 89.3 Å². The fourth-order valence-electron chi connectivity index (χ4n) is 1.46. The topological polar surface area (TPSA) is 38.0 Å². The van der Waals surface area contributed by atoms with E-state index in [4.69, 9.17) is 5.73 Å². The number of rotatable bonds is 3. The summed E-state index contributed by atoms with van der Waals surface area (Å²) in [4.78, 5) is 1.33. The van der Waals surface area contributed by atoms with Crippen LogP contribution in [0.15, 0.2) is 23.1 Å². The van der Waals surface area contributed by atoms with Crippen molar-refractivity contribution in [1.29, 1.82) is 0 Å². The summed E-state index contributed by atoms with van der Waals surface area (Å²) in [6, 6.07) is 6.15. The van der Waals surface area contributed by atoms with Gasteiger partial charge in [0.05, 0.1) is 0 Å². The van der Waals surface area contributed by atoms with Gasteiger partial charge in [-0.1, -0.05) is 6.07 Å². The van der Waals surface area contributed by atoms with Crippen LogP contribution in [0.5, 0.6) is 0 Å². The average molecular weight is 208 g/mol. The normalized spacial score (nSPS) is 16.6. The highest BCUT2D eigenvalue weighted by Gasteiger charge is 2.16. The molecule has 3 heteroatoms. The monoisotopic (exact) mass is 208 g/mol.